The largest absolute Gasteiger partial charge is 0.370 e. The molecular weight excluding hydrogens is 270 g/mol. The lowest BCUT2D eigenvalue weighted by Crippen LogP contribution is -2.06. The van der Waals surface area contributed by atoms with Crippen molar-refractivity contribution in [3.63, 3.8) is 0 Å². The summed E-state index contributed by atoms with van der Waals surface area (Å²) >= 11 is 5.78. The van der Waals surface area contributed by atoms with Gasteiger partial charge >= 0.3 is 0 Å². The molecule has 0 unspecified atom stereocenters. The number of hydrogen-bond acceptors (Lipinski definition) is 5. The van der Waals surface area contributed by atoms with Gasteiger partial charge < -0.3 is 5.32 Å². The lowest BCUT2D eigenvalue weighted by atomic mass is 10.3. The minimum atomic E-state index is -0.465. The quantitative estimate of drug-likeness (QED) is 0.672. The average Bonchev–Trinajstić information content (AvgIpc) is 2.82. The van der Waals surface area contributed by atoms with Crippen molar-refractivity contribution in [2.24, 2.45) is 0 Å². The van der Waals surface area contributed by atoms with E-state index in [9.17, 15) is 10.1 Å². The monoisotopic (exact) mass is 281 g/mol. The molecule has 0 fully saturated rings. The van der Waals surface area contributed by atoms with E-state index in [2.05, 4.69) is 15.4 Å². The average molecular weight is 282 g/mol. The van der Waals surface area contributed by atoms with Crippen LogP contribution in [0.25, 0.3) is 5.82 Å². The molecule has 19 heavy (non-hydrogen) atoms. The molecule has 1 N–H and O–H groups in total. The third kappa shape index (κ3) is 3.19. The van der Waals surface area contributed by atoms with Gasteiger partial charge in [0.2, 0.25) is 0 Å². The summed E-state index contributed by atoms with van der Waals surface area (Å²) in [6.45, 7) is 2.69. The SMILES string of the molecule is CCCNc1cc([N+](=O)[O-])cc(-n2cc(Cl)cn2)n1. The van der Waals surface area contributed by atoms with Crippen molar-refractivity contribution >= 4 is 23.1 Å². The van der Waals surface area contributed by atoms with Gasteiger partial charge in [-0.3, -0.25) is 10.1 Å². The Labute approximate surface area is 114 Å². The van der Waals surface area contributed by atoms with E-state index in [1.165, 1.54) is 29.2 Å². The van der Waals surface area contributed by atoms with Crippen molar-refractivity contribution in [2.45, 2.75) is 13.3 Å². The van der Waals surface area contributed by atoms with Crippen LogP contribution in [-0.4, -0.2) is 26.2 Å². The highest BCUT2D eigenvalue weighted by Crippen LogP contribution is 2.20. The third-order valence-electron chi connectivity index (χ3n) is 2.35. The van der Waals surface area contributed by atoms with E-state index in [4.69, 9.17) is 11.6 Å². The minimum absolute atomic E-state index is 0.0461. The molecular formula is C11H12ClN5O2. The second-order valence-electron chi connectivity index (χ2n) is 3.86. The first kappa shape index (κ1) is 13.3. The Morgan fingerprint density at radius 1 is 1.53 bits per heavy atom. The first-order valence-electron chi connectivity index (χ1n) is 5.71. The summed E-state index contributed by atoms with van der Waals surface area (Å²) in [6, 6.07) is 2.74. The van der Waals surface area contributed by atoms with Crippen LogP contribution in [0.2, 0.25) is 5.02 Å². The second-order valence-corrected chi connectivity index (χ2v) is 4.29. The molecule has 0 aliphatic heterocycles. The molecule has 2 heterocycles. The van der Waals surface area contributed by atoms with Gasteiger partial charge in [-0.1, -0.05) is 18.5 Å². The van der Waals surface area contributed by atoms with Crippen molar-refractivity contribution < 1.29 is 4.92 Å². The predicted octanol–water partition coefficient (Wildman–Crippen LogP) is 2.65. The smallest absolute Gasteiger partial charge is 0.276 e. The van der Waals surface area contributed by atoms with Gasteiger partial charge in [-0.05, 0) is 6.42 Å². The Hall–Kier alpha value is -2.15. The van der Waals surface area contributed by atoms with Crippen molar-refractivity contribution in [3.05, 3.63) is 39.7 Å². The van der Waals surface area contributed by atoms with E-state index < -0.39 is 4.92 Å². The molecule has 0 amide bonds. The van der Waals surface area contributed by atoms with E-state index in [0.29, 0.717) is 23.2 Å². The van der Waals surface area contributed by atoms with Gasteiger partial charge in [0.05, 0.1) is 34.5 Å². The Kier molecular flexibility index (Phi) is 3.96. The molecule has 100 valence electrons. The van der Waals surface area contributed by atoms with Crippen LogP contribution < -0.4 is 5.32 Å². The van der Waals surface area contributed by atoms with Gasteiger partial charge in [0, 0.05) is 6.54 Å². The predicted molar refractivity (Wildman–Crippen MR) is 71.8 cm³/mol. The molecule has 7 nitrogen and oxygen atoms in total. The van der Waals surface area contributed by atoms with Crippen LogP contribution in [0.15, 0.2) is 24.5 Å². The lowest BCUT2D eigenvalue weighted by Gasteiger charge is -2.06. The van der Waals surface area contributed by atoms with E-state index in [0.717, 1.165) is 6.42 Å². The maximum Gasteiger partial charge on any atom is 0.276 e. The second kappa shape index (κ2) is 5.66. The highest BCUT2D eigenvalue weighted by molar-refractivity contribution is 6.30. The Morgan fingerprint density at radius 3 is 2.89 bits per heavy atom. The van der Waals surface area contributed by atoms with Gasteiger partial charge in [-0.15, -0.1) is 0 Å². The zero-order valence-electron chi connectivity index (χ0n) is 10.2. The van der Waals surface area contributed by atoms with Crippen molar-refractivity contribution in [3.8, 4) is 5.82 Å². The lowest BCUT2D eigenvalue weighted by molar-refractivity contribution is -0.384. The Morgan fingerprint density at radius 2 is 2.32 bits per heavy atom. The molecule has 2 aromatic rings. The maximum atomic E-state index is 10.9. The number of aromatic nitrogens is 3. The van der Waals surface area contributed by atoms with Crippen LogP contribution in [0, 0.1) is 10.1 Å². The Balaban J connectivity index is 2.41. The van der Waals surface area contributed by atoms with Crippen LogP contribution in [0.5, 0.6) is 0 Å². The number of halogens is 1. The number of pyridine rings is 1. The molecule has 0 bridgehead atoms. The minimum Gasteiger partial charge on any atom is -0.370 e. The molecule has 0 aromatic carbocycles. The summed E-state index contributed by atoms with van der Waals surface area (Å²) in [6.07, 6.45) is 3.88. The first-order chi connectivity index (χ1) is 9.10. The summed E-state index contributed by atoms with van der Waals surface area (Å²) < 4.78 is 1.40. The summed E-state index contributed by atoms with van der Waals surface area (Å²) in [5.41, 5.74) is -0.0461. The summed E-state index contributed by atoms with van der Waals surface area (Å²) in [5.74, 6) is 0.789. The van der Waals surface area contributed by atoms with Gasteiger partial charge in [0.25, 0.3) is 5.69 Å². The summed E-state index contributed by atoms with van der Waals surface area (Å²) in [4.78, 5) is 14.7. The molecule has 2 aromatic heterocycles. The summed E-state index contributed by atoms with van der Waals surface area (Å²) in [7, 11) is 0. The number of rotatable bonds is 5. The fourth-order valence-corrected chi connectivity index (χ4v) is 1.63. The number of hydrogen-bond donors (Lipinski definition) is 1. The first-order valence-corrected chi connectivity index (χ1v) is 6.09. The molecule has 2 rings (SSSR count). The van der Waals surface area contributed by atoms with E-state index in [1.807, 2.05) is 6.92 Å². The molecule has 0 saturated heterocycles. The highest BCUT2D eigenvalue weighted by Gasteiger charge is 2.12. The van der Waals surface area contributed by atoms with Gasteiger partial charge in [-0.25, -0.2) is 9.67 Å². The number of anilines is 1. The van der Waals surface area contributed by atoms with E-state index in [-0.39, 0.29) is 5.69 Å². The summed E-state index contributed by atoms with van der Waals surface area (Å²) in [5, 5.41) is 18.3. The molecule has 0 atom stereocenters. The third-order valence-corrected chi connectivity index (χ3v) is 2.54. The van der Waals surface area contributed by atoms with Crippen LogP contribution in [0.4, 0.5) is 11.5 Å². The van der Waals surface area contributed by atoms with Gasteiger partial charge in [-0.2, -0.15) is 5.10 Å². The van der Waals surface area contributed by atoms with Crippen LogP contribution in [0.3, 0.4) is 0 Å². The van der Waals surface area contributed by atoms with E-state index in [1.54, 1.807) is 0 Å². The maximum absolute atomic E-state index is 10.9. The molecule has 0 radical (unpaired) electrons. The fraction of sp³-hybridized carbons (Fsp3) is 0.273. The fourth-order valence-electron chi connectivity index (χ4n) is 1.49. The molecule has 8 heteroatoms. The van der Waals surface area contributed by atoms with Crippen LogP contribution in [-0.2, 0) is 0 Å². The van der Waals surface area contributed by atoms with Crippen molar-refractivity contribution in [1.29, 1.82) is 0 Å². The molecule has 0 aliphatic carbocycles. The van der Waals surface area contributed by atoms with Crippen LogP contribution >= 0.6 is 11.6 Å². The highest BCUT2D eigenvalue weighted by atomic mass is 35.5. The zero-order valence-corrected chi connectivity index (χ0v) is 11.0. The normalized spacial score (nSPS) is 10.4. The van der Waals surface area contributed by atoms with Crippen molar-refractivity contribution in [1.82, 2.24) is 14.8 Å². The van der Waals surface area contributed by atoms with E-state index >= 15 is 0 Å². The standard InChI is InChI=1S/C11H12ClN5O2/c1-2-3-13-10-4-9(17(18)19)5-11(15-10)16-7-8(12)6-14-16/h4-7H,2-3H2,1H3,(H,13,15). The van der Waals surface area contributed by atoms with Crippen LogP contribution in [0.1, 0.15) is 13.3 Å². The Bertz CT molecular complexity index is 599. The molecule has 0 saturated carbocycles. The zero-order chi connectivity index (χ0) is 13.8. The number of nitro groups is 1. The molecule has 0 aliphatic rings. The van der Waals surface area contributed by atoms with Gasteiger partial charge in [0.1, 0.15) is 5.82 Å². The van der Waals surface area contributed by atoms with Gasteiger partial charge in [0.15, 0.2) is 5.82 Å². The van der Waals surface area contributed by atoms with Crippen molar-refractivity contribution in [2.75, 3.05) is 11.9 Å². The molecule has 0 spiro atoms. The number of nitrogens with zero attached hydrogens (tertiary/aromatic N) is 4. The topological polar surface area (TPSA) is 85.9 Å². The number of nitrogens with one attached hydrogen (secondary N) is 1.